The first-order chi connectivity index (χ1) is 5.72. The Labute approximate surface area is 72.6 Å². The minimum atomic E-state index is 0.193. The molecule has 3 heteroatoms. The maximum atomic E-state index is 5.46. The topological polar surface area (TPSA) is 48.1 Å². The number of aromatic nitrogens is 1. The lowest BCUT2D eigenvalue weighted by Gasteiger charge is -2.09. The van der Waals surface area contributed by atoms with Crippen LogP contribution in [0.2, 0.25) is 0 Å². The zero-order chi connectivity index (χ0) is 8.97. The van der Waals surface area contributed by atoms with E-state index in [1.54, 1.807) is 6.20 Å². The van der Waals surface area contributed by atoms with Gasteiger partial charge in [0, 0.05) is 18.8 Å². The molecule has 1 heterocycles. The third-order valence-corrected chi connectivity index (χ3v) is 1.37. The van der Waals surface area contributed by atoms with Gasteiger partial charge in [-0.25, -0.2) is 0 Å². The molecule has 0 saturated heterocycles. The van der Waals surface area contributed by atoms with Crippen molar-refractivity contribution in [1.82, 2.24) is 4.98 Å². The number of rotatable bonds is 3. The second-order valence-electron chi connectivity index (χ2n) is 2.85. The van der Waals surface area contributed by atoms with E-state index in [4.69, 9.17) is 10.5 Å². The summed E-state index contributed by atoms with van der Waals surface area (Å²) in [5, 5.41) is 0. The normalized spacial score (nSPS) is 10.3. The van der Waals surface area contributed by atoms with Crippen molar-refractivity contribution >= 4 is 0 Å². The van der Waals surface area contributed by atoms with Crippen molar-refractivity contribution in [3.63, 3.8) is 0 Å². The third-order valence-electron chi connectivity index (χ3n) is 1.37. The Balaban J connectivity index is 2.72. The Morgan fingerprint density at radius 3 is 2.92 bits per heavy atom. The molecule has 0 amide bonds. The van der Waals surface area contributed by atoms with E-state index >= 15 is 0 Å². The molecular weight excluding hydrogens is 152 g/mol. The summed E-state index contributed by atoms with van der Waals surface area (Å²) in [6, 6.07) is 3.69. The van der Waals surface area contributed by atoms with Gasteiger partial charge in [0.2, 0.25) is 0 Å². The number of ether oxygens (including phenoxy) is 1. The molecule has 3 nitrogen and oxygen atoms in total. The molecule has 0 bridgehead atoms. The Morgan fingerprint density at radius 2 is 2.33 bits per heavy atom. The number of pyridine rings is 1. The van der Waals surface area contributed by atoms with Gasteiger partial charge in [-0.1, -0.05) is 0 Å². The fourth-order valence-corrected chi connectivity index (χ4v) is 0.913. The number of nitrogens with zero attached hydrogens (tertiary/aromatic N) is 1. The molecule has 0 aliphatic carbocycles. The van der Waals surface area contributed by atoms with Crippen LogP contribution in [0, 0.1) is 0 Å². The van der Waals surface area contributed by atoms with Crippen molar-refractivity contribution in [2.75, 3.05) is 0 Å². The van der Waals surface area contributed by atoms with E-state index in [-0.39, 0.29) is 6.10 Å². The van der Waals surface area contributed by atoms with Crippen LogP contribution in [-0.4, -0.2) is 11.1 Å². The summed E-state index contributed by atoms with van der Waals surface area (Å²) in [6.45, 7) is 4.43. The van der Waals surface area contributed by atoms with Gasteiger partial charge < -0.3 is 10.5 Å². The van der Waals surface area contributed by atoms with Crippen LogP contribution in [0.5, 0.6) is 5.75 Å². The predicted molar refractivity (Wildman–Crippen MR) is 47.9 cm³/mol. The molecule has 1 aromatic heterocycles. The van der Waals surface area contributed by atoms with E-state index in [9.17, 15) is 0 Å². The molecule has 0 aliphatic heterocycles. The molecule has 0 atom stereocenters. The van der Waals surface area contributed by atoms with Crippen LogP contribution < -0.4 is 10.5 Å². The van der Waals surface area contributed by atoms with Crippen molar-refractivity contribution in [2.24, 2.45) is 5.73 Å². The first-order valence-electron chi connectivity index (χ1n) is 4.04. The molecule has 1 aromatic rings. The summed E-state index contributed by atoms with van der Waals surface area (Å²) in [7, 11) is 0. The average molecular weight is 166 g/mol. The fraction of sp³-hybridized carbons (Fsp3) is 0.444. The smallest absolute Gasteiger partial charge is 0.123 e. The Morgan fingerprint density at radius 1 is 1.58 bits per heavy atom. The van der Waals surface area contributed by atoms with Crippen LogP contribution >= 0.6 is 0 Å². The maximum Gasteiger partial charge on any atom is 0.123 e. The lowest BCUT2D eigenvalue weighted by atomic mass is 10.3. The van der Waals surface area contributed by atoms with Crippen molar-refractivity contribution in [3.05, 3.63) is 24.0 Å². The molecule has 0 aromatic carbocycles. The Hall–Kier alpha value is -1.09. The quantitative estimate of drug-likeness (QED) is 0.736. The maximum absolute atomic E-state index is 5.46. The molecule has 0 saturated carbocycles. The minimum Gasteiger partial charge on any atom is -0.491 e. The summed E-state index contributed by atoms with van der Waals surface area (Å²) in [6.07, 6.45) is 1.90. The monoisotopic (exact) mass is 166 g/mol. The highest BCUT2D eigenvalue weighted by atomic mass is 16.5. The van der Waals surface area contributed by atoms with Crippen LogP contribution in [0.1, 0.15) is 19.5 Å². The third kappa shape index (κ3) is 2.51. The molecule has 0 spiro atoms. The molecule has 66 valence electrons. The van der Waals surface area contributed by atoms with Gasteiger partial charge in [0.05, 0.1) is 11.8 Å². The van der Waals surface area contributed by atoms with Gasteiger partial charge in [-0.05, 0) is 19.9 Å². The number of hydrogen-bond acceptors (Lipinski definition) is 3. The SMILES string of the molecule is CC(C)Oc1ccnc(CN)c1. The van der Waals surface area contributed by atoms with Gasteiger partial charge >= 0.3 is 0 Å². The highest BCUT2D eigenvalue weighted by Gasteiger charge is 1.98. The number of nitrogens with two attached hydrogens (primary N) is 1. The standard InChI is InChI=1S/C9H14N2O/c1-7(2)12-9-3-4-11-8(5-9)6-10/h3-5,7H,6,10H2,1-2H3. The minimum absolute atomic E-state index is 0.193. The molecule has 12 heavy (non-hydrogen) atoms. The van der Waals surface area contributed by atoms with Crippen molar-refractivity contribution in [3.8, 4) is 5.75 Å². The van der Waals surface area contributed by atoms with E-state index < -0.39 is 0 Å². The highest BCUT2D eigenvalue weighted by molar-refractivity contribution is 5.22. The Kier molecular flexibility index (Phi) is 3.05. The molecule has 0 aliphatic rings. The second kappa shape index (κ2) is 4.07. The van der Waals surface area contributed by atoms with Crippen molar-refractivity contribution in [1.29, 1.82) is 0 Å². The largest absolute Gasteiger partial charge is 0.491 e. The van der Waals surface area contributed by atoms with Crippen LogP contribution in [0.25, 0.3) is 0 Å². The predicted octanol–water partition coefficient (Wildman–Crippen LogP) is 1.33. The summed E-state index contributed by atoms with van der Waals surface area (Å²) < 4.78 is 5.46. The van der Waals surface area contributed by atoms with E-state index in [0.29, 0.717) is 6.54 Å². The molecule has 2 N–H and O–H groups in total. The van der Waals surface area contributed by atoms with E-state index in [2.05, 4.69) is 4.98 Å². The summed E-state index contributed by atoms with van der Waals surface area (Å²) >= 11 is 0. The average Bonchev–Trinajstić information content (AvgIpc) is 2.03. The zero-order valence-corrected chi connectivity index (χ0v) is 7.45. The highest BCUT2D eigenvalue weighted by Crippen LogP contribution is 2.11. The van der Waals surface area contributed by atoms with Gasteiger partial charge in [0.1, 0.15) is 5.75 Å². The zero-order valence-electron chi connectivity index (χ0n) is 7.45. The van der Waals surface area contributed by atoms with Gasteiger partial charge in [-0.3, -0.25) is 4.98 Å². The molecule has 1 rings (SSSR count). The molecule has 0 radical (unpaired) electrons. The lowest BCUT2D eigenvalue weighted by molar-refractivity contribution is 0.242. The van der Waals surface area contributed by atoms with E-state index in [0.717, 1.165) is 11.4 Å². The van der Waals surface area contributed by atoms with Crippen molar-refractivity contribution < 1.29 is 4.74 Å². The summed E-state index contributed by atoms with van der Waals surface area (Å²) in [5.74, 6) is 0.834. The van der Waals surface area contributed by atoms with E-state index in [1.807, 2.05) is 26.0 Å². The molecule has 0 unspecified atom stereocenters. The fourth-order valence-electron chi connectivity index (χ4n) is 0.913. The van der Waals surface area contributed by atoms with Gasteiger partial charge in [0.15, 0.2) is 0 Å². The summed E-state index contributed by atoms with van der Waals surface area (Å²) in [5.41, 5.74) is 6.29. The Bertz CT molecular complexity index is 248. The van der Waals surface area contributed by atoms with Gasteiger partial charge in [-0.2, -0.15) is 0 Å². The van der Waals surface area contributed by atoms with Crippen LogP contribution in [0.3, 0.4) is 0 Å². The van der Waals surface area contributed by atoms with Crippen LogP contribution in [-0.2, 0) is 6.54 Å². The first-order valence-corrected chi connectivity index (χ1v) is 4.04. The van der Waals surface area contributed by atoms with E-state index in [1.165, 1.54) is 0 Å². The second-order valence-corrected chi connectivity index (χ2v) is 2.85. The molecule has 0 fully saturated rings. The van der Waals surface area contributed by atoms with Crippen LogP contribution in [0.15, 0.2) is 18.3 Å². The first kappa shape index (κ1) is 9.00. The summed E-state index contributed by atoms with van der Waals surface area (Å²) in [4.78, 5) is 4.06. The van der Waals surface area contributed by atoms with Crippen LogP contribution in [0.4, 0.5) is 0 Å². The van der Waals surface area contributed by atoms with Gasteiger partial charge in [0.25, 0.3) is 0 Å². The van der Waals surface area contributed by atoms with Crippen molar-refractivity contribution in [2.45, 2.75) is 26.5 Å². The number of hydrogen-bond donors (Lipinski definition) is 1. The van der Waals surface area contributed by atoms with Gasteiger partial charge in [-0.15, -0.1) is 0 Å². The lowest BCUT2D eigenvalue weighted by Crippen LogP contribution is -2.07. The molecular formula is C9H14N2O.